The molecule has 1 saturated heterocycles. The highest BCUT2D eigenvalue weighted by molar-refractivity contribution is 5.80. The van der Waals surface area contributed by atoms with Gasteiger partial charge in [-0.05, 0) is 19.3 Å². The van der Waals surface area contributed by atoms with Crippen molar-refractivity contribution in [3.8, 4) is 0 Å². The van der Waals surface area contributed by atoms with Crippen LogP contribution in [0.3, 0.4) is 0 Å². The first-order valence-electron chi connectivity index (χ1n) is 6.12. The highest BCUT2D eigenvalue weighted by Gasteiger charge is 2.21. The van der Waals surface area contributed by atoms with Crippen molar-refractivity contribution in [2.45, 2.75) is 31.8 Å². The summed E-state index contributed by atoms with van der Waals surface area (Å²) in [6, 6.07) is 0. The van der Waals surface area contributed by atoms with Gasteiger partial charge in [-0.15, -0.1) is 0 Å². The predicted octanol–water partition coefficient (Wildman–Crippen LogP) is 0.648. The molecule has 1 aliphatic rings. The van der Waals surface area contributed by atoms with Gasteiger partial charge >= 0.3 is 0 Å². The van der Waals surface area contributed by atoms with E-state index in [1.54, 1.807) is 6.33 Å². The maximum Gasteiger partial charge on any atom is 0.249 e. The van der Waals surface area contributed by atoms with E-state index in [9.17, 15) is 4.79 Å². The Balaban J connectivity index is 1.71. The third kappa shape index (κ3) is 3.30. The SMILES string of the molecule is Cn1cncc1CCNC(=O)[C@@H]1CCCCO1. The molecule has 5 nitrogen and oxygen atoms in total. The zero-order valence-corrected chi connectivity index (χ0v) is 10.2. The Morgan fingerprint density at radius 2 is 2.53 bits per heavy atom. The van der Waals surface area contributed by atoms with Gasteiger partial charge in [0.15, 0.2) is 0 Å². The van der Waals surface area contributed by atoms with Crippen molar-refractivity contribution < 1.29 is 9.53 Å². The van der Waals surface area contributed by atoms with Crippen LogP contribution in [-0.4, -0.2) is 34.7 Å². The summed E-state index contributed by atoms with van der Waals surface area (Å²) in [5, 5.41) is 2.91. The molecule has 94 valence electrons. The van der Waals surface area contributed by atoms with E-state index in [1.807, 2.05) is 17.8 Å². The first kappa shape index (κ1) is 12.1. The fourth-order valence-corrected chi connectivity index (χ4v) is 2.00. The molecule has 1 aromatic heterocycles. The Kier molecular flexibility index (Phi) is 4.14. The zero-order valence-electron chi connectivity index (χ0n) is 10.2. The van der Waals surface area contributed by atoms with Gasteiger partial charge in [-0.25, -0.2) is 4.98 Å². The standard InChI is InChI=1S/C12H19N3O2/c1-15-9-13-8-10(15)5-6-14-12(16)11-4-2-3-7-17-11/h8-9,11H,2-7H2,1H3,(H,14,16)/t11-/m0/s1. The second-order valence-corrected chi connectivity index (χ2v) is 4.39. The molecule has 1 fully saturated rings. The molecule has 0 aliphatic carbocycles. The normalized spacial score (nSPS) is 20.2. The summed E-state index contributed by atoms with van der Waals surface area (Å²) in [5.74, 6) is 0.0202. The molecule has 1 aromatic rings. The fraction of sp³-hybridized carbons (Fsp3) is 0.667. The number of nitrogens with zero attached hydrogens (tertiary/aromatic N) is 2. The second kappa shape index (κ2) is 5.82. The van der Waals surface area contributed by atoms with Crippen molar-refractivity contribution >= 4 is 5.91 Å². The van der Waals surface area contributed by atoms with E-state index in [4.69, 9.17) is 4.74 Å². The van der Waals surface area contributed by atoms with Crippen LogP contribution in [0.15, 0.2) is 12.5 Å². The second-order valence-electron chi connectivity index (χ2n) is 4.39. The number of carbonyl (C=O) groups is 1. The molecule has 0 aromatic carbocycles. The molecule has 17 heavy (non-hydrogen) atoms. The van der Waals surface area contributed by atoms with E-state index in [-0.39, 0.29) is 12.0 Å². The molecule has 0 saturated carbocycles. The Morgan fingerprint density at radius 3 is 3.18 bits per heavy atom. The molecular formula is C12H19N3O2. The number of carbonyl (C=O) groups excluding carboxylic acids is 1. The minimum Gasteiger partial charge on any atom is -0.368 e. The maximum atomic E-state index is 11.8. The first-order valence-corrected chi connectivity index (χ1v) is 6.12. The van der Waals surface area contributed by atoms with Gasteiger partial charge in [-0.3, -0.25) is 4.79 Å². The predicted molar refractivity (Wildman–Crippen MR) is 63.5 cm³/mol. The summed E-state index contributed by atoms with van der Waals surface area (Å²) < 4.78 is 7.38. The molecule has 0 spiro atoms. The minimum atomic E-state index is -0.240. The lowest BCUT2D eigenvalue weighted by atomic mass is 10.1. The molecular weight excluding hydrogens is 218 g/mol. The van der Waals surface area contributed by atoms with Gasteiger partial charge in [-0.2, -0.15) is 0 Å². The van der Waals surface area contributed by atoms with Crippen molar-refractivity contribution in [2.24, 2.45) is 7.05 Å². The molecule has 1 atom stereocenters. The molecule has 2 heterocycles. The van der Waals surface area contributed by atoms with Gasteiger partial charge in [0.2, 0.25) is 5.91 Å². The molecule has 1 amide bonds. The van der Waals surface area contributed by atoms with Crippen LogP contribution < -0.4 is 5.32 Å². The number of hydrogen-bond donors (Lipinski definition) is 1. The molecule has 0 bridgehead atoms. The van der Waals surface area contributed by atoms with Crippen LogP contribution in [0.5, 0.6) is 0 Å². The van der Waals surface area contributed by atoms with Gasteiger partial charge in [0, 0.05) is 38.5 Å². The largest absolute Gasteiger partial charge is 0.368 e. The summed E-state index contributed by atoms with van der Waals surface area (Å²) in [6.45, 7) is 1.35. The highest BCUT2D eigenvalue weighted by atomic mass is 16.5. The molecule has 5 heteroatoms. The van der Waals surface area contributed by atoms with Gasteiger partial charge in [0.25, 0.3) is 0 Å². The Hall–Kier alpha value is -1.36. The van der Waals surface area contributed by atoms with Crippen molar-refractivity contribution in [1.82, 2.24) is 14.9 Å². The minimum absolute atomic E-state index is 0.0202. The summed E-state index contributed by atoms with van der Waals surface area (Å²) in [4.78, 5) is 15.8. The summed E-state index contributed by atoms with van der Waals surface area (Å²) in [7, 11) is 1.95. The van der Waals surface area contributed by atoms with E-state index >= 15 is 0 Å². The number of rotatable bonds is 4. The van der Waals surface area contributed by atoms with E-state index in [1.165, 1.54) is 0 Å². The molecule has 2 rings (SSSR count). The van der Waals surface area contributed by atoms with Crippen molar-refractivity contribution in [1.29, 1.82) is 0 Å². The lowest BCUT2D eigenvalue weighted by Crippen LogP contribution is -2.39. The fourth-order valence-electron chi connectivity index (χ4n) is 2.00. The van der Waals surface area contributed by atoms with Gasteiger partial charge in [0.1, 0.15) is 6.10 Å². The van der Waals surface area contributed by atoms with E-state index < -0.39 is 0 Å². The molecule has 1 N–H and O–H groups in total. The van der Waals surface area contributed by atoms with Crippen LogP contribution in [0, 0.1) is 0 Å². The van der Waals surface area contributed by atoms with Crippen LogP contribution in [-0.2, 0) is 23.0 Å². The van der Waals surface area contributed by atoms with E-state index in [0.717, 1.165) is 31.4 Å². The van der Waals surface area contributed by atoms with E-state index in [2.05, 4.69) is 10.3 Å². The average molecular weight is 237 g/mol. The number of imidazole rings is 1. The Morgan fingerprint density at radius 1 is 1.65 bits per heavy atom. The average Bonchev–Trinajstić information content (AvgIpc) is 2.76. The number of aryl methyl sites for hydroxylation is 1. The zero-order chi connectivity index (χ0) is 12.1. The first-order chi connectivity index (χ1) is 8.27. The third-order valence-corrected chi connectivity index (χ3v) is 3.07. The third-order valence-electron chi connectivity index (χ3n) is 3.07. The van der Waals surface area contributed by atoms with Crippen molar-refractivity contribution in [2.75, 3.05) is 13.2 Å². The Labute approximate surface area is 101 Å². The lowest BCUT2D eigenvalue weighted by molar-refractivity contribution is -0.135. The molecule has 0 unspecified atom stereocenters. The monoisotopic (exact) mass is 237 g/mol. The van der Waals surface area contributed by atoms with Crippen LogP contribution in [0.1, 0.15) is 25.0 Å². The molecule has 0 radical (unpaired) electrons. The number of amides is 1. The smallest absolute Gasteiger partial charge is 0.249 e. The van der Waals surface area contributed by atoms with Crippen LogP contribution >= 0.6 is 0 Å². The van der Waals surface area contributed by atoms with Crippen LogP contribution in [0.25, 0.3) is 0 Å². The summed E-state index contributed by atoms with van der Waals surface area (Å²) >= 11 is 0. The van der Waals surface area contributed by atoms with Gasteiger partial charge in [-0.1, -0.05) is 0 Å². The summed E-state index contributed by atoms with van der Waals surface area (Å²) in [5.41, 5.74) is 1.12. The van der Waals surface area contributed by atoms with Crippen LogP contribution in [0.2, 0.25) is 0 Å². The topological polar surface area (TPSA) is 56.2 Å². The maximum absolute atomic E-state index is 11.8. The highest BCUT2D eigenvalue weighted by Crippen LogP contribution is 2.12. The lowest BCUT2D eigenvalue weighted by Gasteiger charge is -2.21. The number of ether oxygens (including phenoxy) is 1. The van der Waals surface area contributed by atoms with Gasteiger partial charge in [0.05, 0.1) is 6.33 Å². The van der Waals surface area contributed by atoms with Gasteiger partial charge < -0.3 is 14.6 Å². The van der Waals surface area contributed by atoms with E-state index in [0.29, 0.717) is 13.2 Å². The number of hydrogen-bond acceptors (Lipinski definition) is 3. The molecule has 1 aliphatic heterocycles. The summed E-state index contributed by atoms with van der Waals surface area (Å²) in [6.07, 6.45) is 7.14. The number of nitrogens with one attached hydrogen (secondary N) is 1. The van der Waals surface area contributed by atoms with Crippen LogP contribution in [0.4, 0.5) is 0 Å². The van der Waals surface area contributed by atoms with Crippen molar-refractivity contribution in [3.63, 3.8) is 0 Å². The number of aromatic nitrogens is 2. The van der Waals surface area contributed by atoms with Crippen molar-refractivity contribution in [3.05, 3.63) is 18.2 Å². The Bertz CT molecular complexity index is 370. The quantitative estimate of drug-likeness (QED) is 0.836.